The van der Waals surface area contributed by atoms with Gasteiger partial charge in [0.2, 0.25) is 0 Å². The van der Waals surface area contributed by atoms with Crippen LogP contribution >= 0.6 is 0 Å². The second-order valence-corrected chi connectivity index (χ2v) is 11.4. The lowest BCUT2D eigenvalue weighted by atomic mass is 10.0. The normalized spacial score (nSPS) is 13.8. The van der Waals surface area contributed by atoms with E-state index in [-0.39, 0.29) is 40.6 Å². The molecule has 49 heavy (non-hydrogen) atoms. The summed E-state index contributed by atoms with van der Waals surface area (Å²) in [7, 11) is 0. The number of nitrogens with zero attached hydrogens (tertiary/aromatic N) is 4. The number of rotatable bonds is 6. The maximum absolute atomic E-state index is 9.32. The lowest BCUT2D eigenvalue weighted by molar-refractivity contribution is 1.06. The van der Waals surface area contributed by atoms with Gasteiger partial charge >= 0.3 is 0 Å². The largest absolute Gasteiger partial charge is 0.308 e. The first-order valence-electron chi connectivity index (χ1n) is 20.2. The minimum absolute atomic E-state index is 0.0199. The van der Waals surface area contributed by atoms with Crippen molar-refractivity contribution in [1.82, 2.24) is 19.5 Å². The van der Waals surface area contributed by atoms with Crippen LogP contribution < -0.4 is 0 Å². The molecule has 0 spiro atoms. The summed E-state index contributed by atoms with van der Waals surface area (Å²) >= 11 is 0. The Hall–Kier alpha value is -6.65. The Morgan fingerprint density at radius 2 is 0.939 bits per heavy atom. The van der Waals surface area contributed by atoms with Crippen LogP contribution in [0, 0.1) is 0 Å². The molecule has 0 amide bonds. The Labute approximate surface area is 297 Å². The minimum Gasteiger partial charge on any atom is -0.308 e. The van der Waals surface area contributed by atoms with Gasteiger partial charge in [0.15, 0.2) is 17.5 Å². The van der Waals surface area contributed by atoms with Crippen LogP contribution in [0.15, 0.2) is 182 Å². The first-order valence-corrected chi connectivity index (χ1v) is 15.7. The van der Waals surface area contributed by atoms with Gasteiger partial charge in [-0.2, -0.15) is 0 Å². The highest BCUT2D eigenvalue weighted by Crippen LogP contribution is 2.39. The van der Waals surface area contributed by atoms with E-state index in [0.717, 1.165) is 22.3 Å². The fraction of sp³-hybridized carbons (Fsp3) is 0. The van der Waals surface area contributed by atoms with Crippen LogP contribution in [0.3, 0.4) is 0 Å². The Morgan fingerprint density at radius 1 is 0.388 bits per heavy atom. The summed E-state index contributed by atoms with van der Waals surface area (Å²) in [5, 5.41) is 0.602. The van der Waals surface area contributed by atoms with Gasteiger partial charge in [-0.05, 0) is 52.6 Å². The fourth-order valence-corrected chi connectivity index (χ4v) is 6.17. The molecule has 0 unspecified atom stereocenters. The van der Waals surface area contributed by atoms with Crippen molar-refractivity contribution >= 4 is 21.8 Å². The molecule has 9 aromatic rings. The summed E-state index contributed by atoms with van der Waals surface area (Å²) in [4.78, 5) is 14.9. The van der Waals surface area contributed by atoms with E-state index in [4.69, 9.17) is 24.5 Å². The molecule has 2 aromatic heterocycles. The van der Waals surface area contributed by atoms with Gasteiger partial charge in [0, 0.05) is 27.5 Å². The van der Waals surface area contributed by atoms with Gasteiger partial charge in [-0.15, -0.1) is 0 Å². The molecule has 230 valence electrons. The highest BCUT2D eigenvalue weighted by molar-refractivity contribution is 6.11. The second-order valence-electron chi connectivity index (χ2n) is 11.4. The van der Waals surface area contributed by atoms with E-state index in [1.54, 1.807) is 22.8 Å². The van der Waals surface area contributed by atoms with E-state index in [1.807, 2.05) is 109 Å². The molecule has 0 saturated heterocycles. The molecule has 0 aliphatic rings. The van der Waals surface area contributed by atoms with Gasteiger partial charge in [0.1, 0.15) is 0 Å². The van der Waals surface area contributed by atoms with Crippen LogP contribution in [-0.4, -0.2) is 19.5 Å². The standard InChI is InChI=1S/C45H30N4/c1-5-15-31(16-6-1)35-26-28-41-39(29-35)37-23-13-14-24-40(37)49(41)42-30-36(32-17-7-2-8-18-32)25-27-38(42)45-47-43(33-19-9-3-10-20-33)46-44(48-45)34-21-11-4-12-22-34/h1-30H/i1D,5D,6D,13D,14D,15D,16D,23D,24D. The first kappa shape index (κ1) is 20.6. The molecule has 4 nitrogen and oxygen atoms in total. The van der Waals surface area contributed by atoms with Gasteiger partial charge in [0.05, 0.1) is 29.1 Å². The topological polar surface area (TPSA) is 43.6 Å². The van der Waals surface area contributed by atoms with Crippen molar-refractivity contribution in [3.63, 3.8) is 0 Å². The monoisotopic (exact) mass is 635 g/mol. The zero-order valence-electron chi connectivity index (χ0n) is 34.9. The van der Waals surface area contributed by atoms with E-state index in [1.165, 1.54) is 0 Å². The Balaban J connectivity index is 1.41. The smallest absolute Gasteiger partial charge is 0.166 e. The molecule has 2 heterocycles. The molecule has 9 rings (SSSR count). The Bertz CT molecular complexity index is 3010. The molecule has 4 heteroatoms. The maximum atomic E-state index is 9.32. The van der Waals surface area contributed by atoms with E-state index in [9.17, 15) is 2.74 Å². The van der Waals surface area contributed by atoms with Gasteiger partial charge in [0.25, 0.3) is 0 Å². The molecule has 0 saturated carbocycles. The molecule has 0 fully saturated rings. The number of hydrogen-bond donors (Lipinski definition) is 0. The van der Waals surface area contributed by atoms with Crippen molar-refractivity contribution in [2.24, 2.45) is 0 Å². The van der Waals surface area contributed by atoms with Crippen LogP contribution in [0.5, 0.6) is 0 Å². The molecule has 0 aliphatic heterocycles. The Kier molecular flexibility index (Phi) is 5.11. The van der Waals surface area contributed by atoms with E-state index in [2.05, 4.69) is 0 Å². The fourth-order valence-electron chi connectivity index (χ4n) is 6.17. The van der Waals surface area contributed by atoms with Crippen molar-refractivity contribution in [3.05, 3.63) is 182 Å². The number of para-hydroxylation sites is 1. The zero-order chi connectivity index (χ0) is 40.4. The predicted octanol–water partition coefficient (Wildman–Crippen LogP) is 11.3. The van der Waals surface area contributed by atoms with Crippen molar-refractivity contribution in [2.45, 2.75) is 0 Å². The molecule has 0 bridgehead atoms. The highest BCUT2D eigenvalue weighted by atomic mass is 15.1. The van der Waals surface area contributed by atoms with E-state index in [0.29, 0.717) is 45.2 Å². The summed E-state index contributed by atoms with van der Waals surface area (Å²) < 4.78 is 79.9. The second kappa shape index (κ2) is 12.2. The van der Waals surface area contributed by atoms with Crippen molar-refractivity contribution in [3.8, 4) is 62.1 Å². The SMILES string of the molecule is [2H]c1c([2H])c([2H])c(-c2ccc3c(c2)c2c([2H])c([2H])c([2H])c([2H])c2n3-c2cc(-c3ccccc3)ccc2-c2nc(-c3ccccc3)nc(-c3ccccc3)n2)c([2H])c1[2H]. The minimum atomic E-state index is -0.513. The van der Waals surface area contributed by atoms with Crippen LogP contribution in [0.1, 0.15) is 12.3 Å². The predicted molar refractivity (Wildman–Crippen MR) is 201 cm³/mol. The van der Waals surface area contributed by atoms with E-state index < -0.39 is 30.2 Å². The number of benzene rings is 7. The van der Waals surface area contributed by atoms with Crippen molar-refractivity contribution in [2.75, 3.05) is 0 Å². The van der Waals surface area contributed by atoms with Crippen LogP contribution in [-0.2, 0) is 0 Å². The third-order valence-corrected chi connectivity index (χ3v) is 8.47. The maximum Gasteiger partial charge on any atom is 0.166 e. The number of hydrogen-bond acceptors (Lipinski definition) is 3. The molecule has 0 aliphatic carbocycles. The van der Waals surface area contributed by atoms with Crippen LogP contribution in [0.4, 0.5) is 0 Å². The van der Waals surface area contributed by atoms with Gasteiger partial charge in [-0.1, -0.05) is 151 Å². The van der Waals surface area contributed by atoms with Gasteiger partial charge in [-0.25, -0.2) is 15.0 Å². The number of aromatic nitrogens is 4. The van der Waals surface area contributed by atoms with Crippen LogP contribution in [0.2, 0.25) is 0 Å². The summed E-state index contributed by atoms with van der Waals surface area (Å²) in [6.45, 7) is 0. The molecular weight excluding hydrogens is 597 g/mol. The molecular formula is C45H30N4. The highest BCUT2D eigenvalue weighted by Gasteiger charge is 2.20. The quantitative estimate of drug-likeness (QED) is 0.183. The summed E-state index contributed by atoms with van der Waals surface area (Å²) in [6, 6.07) is 36.0. The number of fused-ring (bicyclic) bond motifs is 3. The average Bonchev–Trinajstić information content (AvgIpc) is 3.61. The van der Waals surface area contributed by atoms with Crippen molar-refractivity contribution in [1.29, 1.82) is 0 Å². The summed E-state index contributed by atoms with van der Waals surface area (Å²) in [5.74, 6) is 1.21. The molecule has 7 aromatic carbocycles. The Morgan fingerprint density at radius 3 is 1.61 bits per heavy atom. The molecule has 0 N–H and O–H groups in total. The van der Waals surface area contributed by atoms with Crippen LogP contribution in [0.25, 0.3) is 83.9 Å². The van der Waals surface area contributed by atoms with Crippen molar-refractivity contribution < 1.29 is 12.3 Å². The van der Waals surface area contributed by atoms with Gasteiger partial charge in [-0.3, -0.25) is 0 Å². The van der Waals surface area contributed by atoms with E-state index >= 15 is 0 Å². The third-order valence-electron chi connectivity index (χ3n) is 8.47. The van der Waals surface area contributed by atoms with Gasteiger partial charge < -0.3 is 4.57 Å². The lowest BCUT2D eigenvalue weighted by Crippen LogP contribution is -2.04. The first-order chi connectivity index (χ1) is 28.0. The summed E-state index contributed by atoms with van der Waals surface area (Å²) in [5.41, 5.74) is 5.31. The summed E-state index contributed by atoms with van der Waals surface area (Å²) in [6.07, 6.45) is 0. The molecule has 0 atom stereocenters. The molecule has 0 radical (unpaired) electrons. The lowest BCUT2D eigenvalue weighted by Gasteiger charge is -2.16. The average molecular weight is 636 g/mol. The zero-order valence-corrected chi connectivity index (χ0v) is 25.9. The third kappa shape index (κ3) is 5.26.